The molecule has 5 nitrogen and oxygen atoms in total. The summed E-state index contributed by atoms with van der Waals surface area (Å²) in [5.41, 5.74) is 5.62. The van der Waals surface area contributed by atoms with Crippen LogP contribution in [0.25, 0.3) is 0 Å². The van der Waals surface area contributed by atoms with Crippen LogP contribution in [-0.2, 0) is 6.54 Å². The Kier molecular flexibility index (Phi) is 5.49. The molecule has 32 heavy (non-hydrogen) atoms. The summed E-state index contributed by atoms with van der Waals surface area (Å²) in [5.74, 6) is -3.84. The minimum Gasteiger partial charge on any atom is -0.399 e. The van der Waals surface area contributed by atoms with E-state index < -0.39 is 28.9 Å². The number of hydrogen-bond acceptors (Lipinski definition) is 5. The predicted molar refractivity (Wildman–Crippen MR) is 113 cm³/mol. The first-order valence-electron chi connectivity index (χ1n) is 10.1. The summed E-state index contributed by atoms with van der Waals surface area (Å²) in [6.45, 7) is 1.46. The molecule has 2 N–H and O–H groups in total. The molecule has 0 amide bonds. The summed E-state index contributed by atoms with van der Waals surface area (Å²) in [6.07, 6.45) is 1.84. The second kappa shape index (κ2) is 8.27. The van der Waals surface area contributed by atoms with Crippen molar-refractivity contribution in [3.05, 3.63) is 94.2 Å². The quantitative estimate of drug-likeness (QED) is 0.801. The molecule has 0 fully saturated rings. The van der Waals surface area contributed by atoms with Crippen molar-refractivity contribution in [1.82, 2.24) is 4.90 Å². The minimum absolute atomic E-state index is 0.0746. The molecule has 2 atom stereocenters. The van der Waals surface area contributed by atoms with Gasteiger partial charge >= 0.3 is 0 Å². The molecule has 1 heterocycles. The van der Waals surface area contributed by atoms with Gasteiger partial charge in [0.15, 0.2) is 17.0 Å². The van der Waals surface area contributed by atoms with E-state index in [0.717, 1.165) is 11.6 Å². The molecule has 0 radical (unpaired) electrons. The van der Waals surface area contributed by atoms with Crippen molar-refractivity contribution in [3.8, 4) is 18.2 Å². The van der Waals surface area contributed by atoms with Crippen molar-refractivity contribution in [2.75, 3.05) is 13.1 Å². The number of rotatable bonds is 3. The van der Waals surface area contributed by atoms with E-state index in [2.05, 4.69) is 4.90 Å². The van der Waals surface area contributed by atoms with E-state index in [1.165, 1.54) is 12.1 Å². The van der Waals surface area contributed by atoms with Crippen LogP contribution in [0.3, 0.4) is 0 Å². The topological polar surface area (TPSA) is 101 Å². The average molecular weight is 427 g/mol. The summed E-state index contributed by atoms with van der Waals surface area (Å²) in [4.78, 5) is 2.09. The van der Waals surface area contributed by atoms with Gasteiger partial charge in [-0.1, -0.05) is 48.5 Å². The van der Waals surface area contributed by atoms with Gasteiger partial charge in [0.1, 0.15) is 6.07 Å². The normalized spacial score (nSPS) is 22.2. The van der Waals surface area contributed by atoms with Crippen LogP contribution in [0.15, 0.2) is 71.5 Å². The van der Waals surface area contributed by atoms with Crippen molar-refractivity contribution in [1.29, 1.82) is 15.8 Å². The summed E-state index contributed by atoms with van der Waals surface area (Å²) < 4.78 is 29.1. The molecule has 0 spiro atoms. The third-order valence-corrected chi connectivity index (χ3v) is 6.31. The fourth-order valence-electron chi connectivity index (χ4n) is 4.81. The molecule has 7 heteroatoms. The van der Waals surface area contributed by atoms with Gasteiger partial charge in [-0.3, -0.25) is 4.90 Å². The van der Waals surface area contributed by atoms with E-state index in [1.54, 1.807) is 0 Å². The minimum atomic E-state index is -2.00. The van der Waals surface area contributed by atoms with Gasteiger partial charge in [-0.15, -0.1) is 0 Å². The van der Waals surface area contributed by atoms with Crippen molar-refractivity contribution in [2.24, 2.45) is 17.1 Å². The summed E-state index contributed by atoms with van der Waals surface area (Å²) >= 11 is 0. The van der Waals surface area contributed by atoms with Gasteiger partial charge in [0.25, 0.3) is 0 Å². The van der Waals surface area contributed by atoms with Gasteiger partial charge in [-0.05, 0) is 22.8 Å². The molecular formula is C25H19F2N5. The van der Waals surface area contributed by atoms with Crippen LogP contribution in [0, 0.1) is 57.0 Å². The van der Waals surface area contributed by atoms with E-state index in [0.29, 0.717) is 25.2 Å². The van der Waals surface area contributed by atoms with Crippen LogP contribution >= 0.6 is 0 Å². The van der Waals surface area contributed by atoms with Crippen LogP contribution in [0.1, 0.15) is 17.0 Å². The lowest BCUT2D eigenvalue weighted by molar-refractivity contribution is 0.198. The van der Waals surface area contributed by atoms with Gasteiger partial charge in [0.05, 0.1) is 23.4 Å². The Morgan fingerprint density at radius 3 is 2.41 bits per heavy atom. The maximum atomic E-state index is 15.0. The average Bonchev–Trinajstić information content (AvgIpc) is 2.81. The zero-order valence-electron chi connectivity index (χ0n) is 17.1. The lowest BCUT2D eigenvalue weighted by Gasteiger charge is -2.45. The maximum Gasteiger partial charge on any atom is 0.191 e. The molecule has 0 saturated heterocycles. The molecule has 2 aliphatic rings. The number of fused-ring (bicyclic) bond motifs is 1. The van der Waals surface area contributed by atoms with Crippen LogP contribution in [-0.4, -0.2) is 18.0 Å². The van der Waals surface area contributed by atoms with E-state index in [-0.39, 0.29) is 16.8 Å². The third-order valence-electron chi connectivity index (χ3n) is 6.31. The first-order valence-corrected chi connectivity index (χ1v) is 10.1. The molecule has 2 aromatic rings. The second-order valence-electron chi connectivity index (χ2n) is 8.00. The van der Waals surface area contributed by atoms with Crippen molar-refractivity contribution in [3.63, 3.8) is 0 Å². The Balaban J connectivity index is 1.89. The Morgan fingerprint density at radius 2 is 1.75 bits per heavy atom. The highest BCUT2D eigenvalue weighted by molar-refractivity contribution is 5.59. The zero-order chi connectivity index (χ0) is 22.9. The maximum absolute atomic E-state index is 15.0. The summed E-state index contributed by atoms with van der Waals surface area (Å²) in [7, 11) is 0. The number of nitriles is 3. The fraction of sp³-hybridized carbons (Fsp3) is 0.240. The smallest absolute Gasteiger partial charge is 0.191 e. The van der Waals surface area contributed by atoms with Gasteiger partial charge in [-0.25, -0.2) is 8.78 Å². The lowest BCUT2D eigenvalue weighted by Crippen LogP contribution is -2.48. The lowest BCUT2D eigenvalue weighted by atomic mass is 9.58. The Hall–Kier alpha value is -3.99. The second-order valence-corrected chi connectivity index (χ2v) is 8.00. The van der Waals surface area contributed by atoms with Crippen molar-refractivity contribution >= 4 is 0 Å². The van der Waals surface area contributed by atoms with Gasteiger partial charge in [-0.2, -0.15) is 15.8 Å². The monoisotopic (exact) mass is 427 g/mol. The standard InChI is InChI=1S/C25H19F2N5/c26-21-8-4-7-18(23(21)27)22-20-13-32(12-16-5-2-1-3-6-16)10-9-17(20)19(11-28)24(31)25(22,14-29)15-30/h1-9,20,22H,10,12-13,31H2/t20-,22+/m1/s1. The Morgan fingerprint density at radius 1 is 1.03 bits per heavy atom. The number of allylic oxidation sites excluding steroid dienone is 2. The van der Waals surface area contributed by atoms with Crippen LogP contribution < -0.4 is 5.73 Å². The van der Waals surface area contributed by atoms with Crippen LogP contribution in [0.5, 0.6) is 0 Å². The molecule has 158 valence electrons. The van der Waals surface area contributed by atoms with Gasteiger partial charge < -0.3 is 5.73 Å². The first-order chi connectivity index (χ1) is 15.5. The van der Waals surface area contributed by atoms with Crippen LogP contribution in [0.4, 0.5) is 8.78 Å². The highest BCUT2D eigenvalue weighted by atomic mass is 19.2. The summed E-state index contributed by atoms with van der Waals surface area (Å²) in [5, 5.41) is 29.9. The summed E-state index contributed by atoms with van der Waals surface area (Å²) in [6, 6.07) is 19.4. The zero-order valence-corrected chi connectivity index (χ0v) is 17.1. The number of nitrogens with two attached hydrogens (primary N) is 1. The number of benzene rings is 2. The van der Waals surface area contributed by atoms with E-state index in [4.69, 9.17) is 5.73 Å². The van der Waals surface area contributed by atoms with Crippen molar-refractivity contribution < 1.29 is 8.78 Å². The third kappa shape index (κ3) is 3.23. The number of halogens is 2. The largest absolute Gasteiger partial charge is 0.399 e. The molecule has 2 aromatic carbocycles. The van der Waals surface area contributed by atoms with E-state index >= 15 is 0 Å². The molecule has 0 unspecified atom stereocenters. The molecular weight excluding hydrogens is 408 g/mol. The molecule has 0 bridgehead atoms. The predicted octanol–water partition coefficient (Wildman–Crippen LogP) is 3.89. The molecule has 4 rings (SSSR count). The van der Waals surface area contributed by atoms with E-state index in [1.807, 2.05) is 54.6 Å². The molecule has 0 saturated carbocycles. The SMILES string of the molecule is N#CC1=C(N)C(C#N)(C#N)[C@@H](c2cccc(F)c2F)[C@@H]2CN(Cc3ccccc3)CC=C12. The van der Waals surface area contributed by atoms with Gasteiger partial charge in [0, 0.05) is 31.5 Å². The highest BCUT2D eigenvalue weighted by Gasteiger charge is 2.55. The van der Waals surface area contributed by atoms with Crippen molar-refractivity contribution in [2.45, 2.75) is 12.5 Å². The molecule has 1 aliphatic heterocycles. The van der Waals surface area contributed by atoms with E-state index in [9.17, 15) is 24.6 Å². The Labute approximate surface area is 184 Å². The molecule has 1 aliphatic carbocycles. The first kappa shape index (κ1) is 21.2. The molecule has 0 aromatic heterocycles. The van der Waals surface area contributed by atoms with Crippen LogP contribution in [0.2, 0.25) is 0 Å². The Bertz CT molecular complexity index is 1230. The fourth-order valence-corrected chi connectivity index (χ4v) is 4.81. The number of nitrogens with zero attached hydrogens (tertiary/aromatic N) is 4. The highest BCUT2D eigenvalue weighted by Crippen LogP contribution is 2.54. The number of hydrogen-bond donors (Lipinski definition) is 1. The van der Waals surface area contributed by atoms with Gasteiger partial charge in [0.2, 0.25) is 0 Å².